The molecule has 2 aromatic rings. The fourth-order valence-corrected chi connectivity index (χ4v) is 3.92. The number of rotatable bonds is 1. The Balaban J connectivity index is 2.05. The minimum absolute atomic E-state index is 0.0782. The Kier molecular flexibility index (Phi) is 3.45. The highest BCUT2D eigenvalue weighted by atomic mass is 16.3. The van der Waals surface area contributed by atoms with Gasteiger partial charge in [0.1, 0.15) is 11.5 Å². The van der Waals surface area contributed by atoms with Crippen molar-refractivity contribution in [3.05, 3.63) is 63.2 Å². The lowest BCUT2D eigenvalue weighted by Crippen LogP contribution is -2.23. The number of allylic oxidation sites excluding steroid dienone is 2. The lowest BCUT2D eigenvalue weighted by Gasteiger charge is -2.25. The zero-order valence-electron chi connectivity index (χ0n) is 14.1. The second-order valence-electron chi connectivity index (χ2n) is 6.48. The van der Waals surface area contributed by atoms with Crippen molar-refractivity contribution < 1.29 is 19.8 Å². The van der Waals surface area contributed by atoms with Crippen LogP contribution < -0.4 is 0 Å². The van der Waals surface area contributed by atoms with Gasteiger partial charge in [-0.3, -0.25) is 9.59 Å². The number of fused-ring (bicyclic) bond motifs is 3. The molecule has 0 spiro atoms. The summed E-state index contributed by atoms with van der Waals surface area (Å²) in [5.74, 6) is -1.55. The number of carbonyl (C=O) groups excluding carboxylic acids is 2. The Hall–Kier alpha value is -3.39. The van der Waals surface area contributed by atoms with Gasteiger partial charge in [-0.15, -0.1) is 0 Å². The van der Waals surface area contributed by atoms with Gasteiger partial charge in [-0.25, -0.2) is 0 Å². The molecule has 5 nitrogen and oxygen atoms in total. The quantitative estimate of drug-likeness (QED) is 0.703. The standard InChI is InChI=1S/C21H15NO4/c1-2-10-6-7-11-13(15(10)9-22)8-14-18(20(11)25)21(26)17-12(19(14)24)4-3-5-16(17)23/h3-5,8,23,25H,2,6-7H2,1H3. The molecule has 0 atom stereocenters. The molecule has 2 N–H and O–H groups in total. The topological polar surface area (TPSA) is 98.4 Å². The van der Waals surface area contributed by atoms with Gasteiger partial charge in [0.15, 0.2) is 5.78 Å². The van der Waals surface area contributed by atoms with Crippen LogP contribution in [0, 0.1) is 11.3 Å². The number of carbonyl (C=O) groups is 2. The van der Waals surface area contributed by atoms with Gasteiger partial charge in [0, 0.05) is 16.7 Å². The van der Waals surface area contributed by atoms with Crippen LogP contribution in [0.25, 0.3) is 5.57 Å². The molecule has 0 heterocycles. The molecule has 0 bridgehead atoms. The van der Waals surface area contributed by atoms with Crippen LogP contribution in [0.2, 0.25) is 0 Å². The second kappa shape index (κ2) is 5.57. The summed E-state index contributed by atoms with van der Waals surface area (Å²) in [5.41, 5.74) is 2.50. The number of nitriles is 1. The predicted octanol–water partition coefficient (Wildman–Crippen LogP) is 3.51. The van der Waals surface area contributed by atoms with Crippen LogP contribution in [0.3, 0.4) is 0 Å². The molecule has 26 heavy (non-hydrogen) atoms. The number of benzene rings is 2. The van der Waals surface area contributed by atoms with E-state index in [4.69, 9.17) is 0 Å². The number of hydrogen-bond acceptors (Lipinski definition) is 5. The molecule has 0 radical (unpaired) electrons. The lowest BCUT2D eigenvalue weighted by atomic mass is 9.77. The first-order valence-electron chi connectivity index (χ1n) is 8.42. The molecule has 0 aromatic heterocycles. The zero-order chi connectivity index (χ0) is 18.6. The van der Waals surface area contributed by atoms with Crippen molar-refractivity contribution in [3.63, 3.8) is 0 Å². The molecule has 0 amide bonds. The average molecular weight is 345 g/mol. The lowest BCUT2D eigenvalue weighted by molar-refractivity contribution is 0.0974. The summed E-state index contributed by atoms with van der Waals surface area (Å²) >= 11 is 0. The molecular weight excluding hydrogens is 330 g/mol. The smallest absolute Gasteiger partial charge is 0.201 e. The second-order valence-corrected chi connectivity index (χ2v) is 6.48. The maximum absolute atomic E-state index is 12.9. The van der Waals surface area contributed by atoms with Crippen LogP contribution in [0.1, 0.15) is 62.7 Å². The fourth-order valence-electron chi connectivity index (χ4n) is 3.92. The van der Waals surface area contributed by atoms with Gasteiger partial charge >= 0.3 is 0 Å². The highest BCUT2D eigenvalue weighted by Crippen LogP contribution is 2.44. The number of phenolic OH excluding ortho intramolecular Hbond substituents is 2. The van der Waals surface area contributed by atoms with Crippen molar-refractivity contribution in [1.29, 1.82) is 5.26 Å². The molecule has 2 aromatic carbocycles. The van der Waals surface area contributed by atoms with Gasteiger partial charge in [0.05, 0.1) is 22.8 Å². The molecule has 0 saturated carbocycles. The third-order valence-electron chi connectivity index (χ3n) is 5.23. The molecule has 0 saturated heterocycles. The van der Waals surface area contributed by atoms with E-state index >= 15 is 0 Å². The number of aromatic hydroxyl groups is 2. The Labute approximate surface area is 149 Å². The van der Waals surface area contributed by atoms with E-state index in [0.29, 0.717) is 36.0 Å². The van der Waals surface area contributed by atoms with E-state index in [0.717, 1.165) is 5.57 Å². The summed E-state index contributed by atoms with van der Waals surface area (Å²) in [4.78, 5) is 25.8. The molecule has 2 aliphatic carbocycles. The number of nitrogens with zero attached hydrogens (tertiary/aromatic N) is 1. The van der Waals surface area contributed by atoms with Gasteiger partial charge in [0.2, 0.25) is 5.78 Å². The maximum atomic E-state index is 12.9. The first kappa shape index (κ1) is 16.1. The van der Waals surface area contributed by atoms with Crippen molar-refractivity contribution in [2.75, 3.05) is 0 Å². The monoisotopic (exact) mass is 345 g/mol. The SMILES string of the molecule is CCC1=C(C#N)c2cc3c(c(O)c2CC1)C(=O)c1c(O)cccc1C3=O. The first-order chi connectivity index (χ1) is 12.5. The van der Waals surface area contributed by atoms with Gasteiger partial charge in [0.25, 0.3) is 0 Å². The van der Waals surface area contributed by atoms with Crippen LogP contribution in [0.4, 0.5) is 0 Å². The summed E-state index contributed by atoms with van der Waals surface area (Å²) in [6.07, 6.45) is 1.84. The number of phenols is 2. The van der Waals surface area contributed by atoms with E-state index in [9.17, 15) is 25.1 Å². The molecule has 0 aliphatic heterocycles. The Morgan fingerprint density at radius 1 is 1.04 bits per heavy atom. The average Bonchev–Trinajstić information content (AvgIpc) is 2.64. The summed E-state index contributed by atoms with van der Waals surface area (Å²) in [6.45, 7) is 1.96. The van der Waals surface area contributed by atoms with Crippen molar-refractivity contribution >= 4 is 17.1 Å². The van der Waals surface area contributed by atoms with Crippen LogP contribution in [-0.4, -0.2) is 21.8 Å². The summed E-state index contributed by atoms with van der Waals surface area (Å²) in [6, 6.07) is 8.05. The molecule has 4 rings (SSSR count). The molecule has 5 heteroatoms. The third kappa shape index (κ3) is 1.96. The third-order valence-corrected chi connectivity index (χ3v) is 5.23. The first-order valence-corrected chi connectivity index (χ1v) is 8.42. The van der Waals surface area contributed by atoms with E-state index in [2.05, 4.69) is 6.07 Å². The Bertz CT molecular complexity index is 1090. The molecule has 128 valence electrons. The fraction of sp³-hybridized carbons (Fsp3) is 0.190. The molecular formula is C21H15NO4. The zero-order valence-corrected chi connectivity index (χ0v) is 14.1. The largest absolute Gasteiger partial charge is 0.507 e. The summed E-state index contributed by atoms with van der Waals surface area (Å²) in [7, 11) is 0. The number of hydrogen-bond donors (Lipinski definition) is 2. The molecule has 2 aliphatic rings. The van der Waals surface area contributed by atoms with Crippen molar-refractivity contribution in [2.24, 2.45) is 0 Å². The summed E-state index contributed by atoms with van der Waals surface area (Å²) < 4.78 is 0. The minimum atomic E-state index is -0.572. The predicted molar refractivity (Wildman–Crippen MR) is 94.2 cm³/mol. The van der Waals surface area contributed by atoms with Crippen molar-refractivity contribution in [1.82, 2.24) is 0 Å². The van der Waals surface area contributed by atoms with Crippen molar-refractivity contribution in [2.45, 2.75) is 26.2 Å². The van der Waals surface area contributed by atoms with E-state index < -0.39 is 11.6 Å². The van der Waals surface area contributed by atoms with E-state index in [1.165, 1.54) is 18.2 Å². The van der Waals surface area contributed by atoms with E-state index in [1.807, 2.05) is 6.92 Å². The Morgan fingerprint density at radius 3 is 2.50 bits per heavy atom. The van der Waals surface area contributed by atoms with Crippen molar-refractivity contribution in [3.8, 4) is 17.6 Å². The highest BCUT2D eigenvalue weighted by molar-refractivity contribution is 6.30. The van der Waals surface area contributed by atoms with Crippen LogP contribution in [0.15, 0.2) is 29.8 Å². The highest BCUT2D eigenvalue weighted by Gasteiger charge is 2.37. The van der Waals surface area contributed by atoms with Gasteiger partial charge < -0.3 is 10.2 Å². The minimum Gasteiger partial charge on any atom is -0.507 e. The van der Waals surface area contributed by atoms with Gasteiger partial charge in [-0.2, -0.15) is 5.26 Å². The van der Waals surface area contributed by atoms with Gasteiger partial charge in [-0.05, 0) is 37.0 Å². The van der Waals surface area contributed by atoms with E-state index in [-0.39, 0.29) is 33.8 Å². The molecule has 0 fully saturated rings. The number of ketones is 2. The van der Waals surface area contributed by atoms with Crippen LogP contribution in [-0.2, 0) is 6.42 Å². The van der Waals surface area contributed by atoms with E-state index in [1.54, 1.807) is 6.07 Å². The van der Waals surface area contributed by atoms with Crippen LogP contribution in [0.5, 0.6) is 11.5 Å². The normalized spacial score (nSPS) is 15.2. The Morgan fingerprint density at radius 2 is 1.81 bits per heavy atom. The molecule has 0 unspecified atom stereocenters. The van der Waals surface area contributed by atoms with Crippen LogP contribution >= 0.6 is 0 Å². The maximum Gasteiger partial charge on any atom is 0.201 e. The van der Waals surface area contributed by atoms with Gasteiger partial charge in [-0.1, -0.05) is 24.6 Å². The summed E-state index contributed by atoms with van der Waals surface area (Å²) in [5, 5.41) is 30.4.